The number of fused-ring (bicyclic) bond motifs is 4. The number of rotatable bonds is 5. The lowest BCUT2D eigenvalue weighted by atomic mass is 9.95. The van der Waals surface area contributed by atoms with Crippen LogP contribution in [0.15, 0.2) is 36.5 Å². The first kappa shape index (κ1) is 23.2. The van der Waals surface area contributed by atoms with Crippen LogP contribution in [-0.4, -0.2) is 78.6 Å². The molecule has 2 aromatic rings. The van der Waals surface area contributed by atoms with E-state index in [0.29, 0.717) is 25.2 Å². The Morgan fingerprint density at radius 3 is 2.68 bits per heavy atom. The van der Waals surface area contributed by atoms with Crippen molar-refractivity contribution in [1.29, 1.82) is 5.26 Å². The van der Waals surface area contributed by atoms with E-state index in [-0.39, 0.29) is 30.3 Å². The van der Waals surface area contributed by atoms with Crippen LogP contribution in [0.25, 0.3) is 11.1 Å². The number of nitriles is 1. The number of aliphatic hydroxyl groups is 1. The van der Waals surface area contributed by atoms with Gasteiger partial charge in [-0.15, -0.1) is 0 Å². The number of anilines is 1. The van der Waals surface area contributed by atoms with Crippen molar-refractivity contribution in [3.05, 3.63) is 47.8 Å². The van der Waals surface area contributed by atoms with Gasteiger partial charge in [0.15, 0.2) is 0 Å². The normalized spacial score (nSPS) is 28.6. The second-order valence-corrected chi connectivity index (χ2v) is 9.86. The fourth-order valence-electron chi connectivity index (χ4n) is 6.24. The Morgan fingerprint density at radius 1 is 1.27 bits per heavy atom. The number of benzene rings is 1. The lowest BCUT2D eigenvalue weighted by Crippen LogP contribution is -2.40. The van der Waals surface area contributed by atoms with E-state index in [2.05, 4.69) is 21.1 Å². The van der Waals surface area contributed by atoms with Crippen molar-refractivity contribution >= 4 is 23.8 Å². The molecule has 2 unspecified atom stereocenters. The van der Waals surface area contributed by atoms with Crippen molar-refractivity contribution in [2.75, 3.05) is 38.3 Å². The van der Waals surface area contributed by atoms with Crippen LogP contribution < -0.4 is 10.2 Å². The lowest BCUT2D eigenvalue weighted by molar-refractivity contribution is -0.133. The van der Waals surface area contributed by atoms with Gasteiger partial charge in [0.05, 0.1) is 37.1 Å². The van der Waals surface area contributed by atoms with Gasteiger partial charge in [0.2, 0.25) is 5.91 Å². The van der Waals surface area contributed by atoms with Gasteiger partial charge in [-0.05, 0) is 35.7 Å². The van der Waals surface area contributed by atoms with Crippen LogP contribution in [-0.2, 0) is 26.1 Å². The molecular formula is C26H25N5O6. The van der Waals surface area contributed by atoms with Gasteiger partial charge in [-0.1, -0.05) is 12.1 Å². The predicted molar refractivity (Wildman–Crippen MR) is 128 cm³/mol. The average Bonchev–Trinajstić information content (AvgIpc) is 3.29. The monoisotopic (exact) mass is 503 g/mol. The molecule has 2 saturated heterocycles. The number of aromatic nitrogens is 1. The molecule has 3 fully saturated rings. The molecule has 3 aliphatic heterocycles. The highest BCUT2D eigenvalue weighted by atomic mass is 16.6. The molecule has 1 saturated carbocycles. The molecule has 4 atom stereocenters. The molecule has 1 aromatic heterocycles. The maximum atomic E-state index is 12.5. The van der Waals surface area contributed by atoms with Crippen LogP contribution >= 0.6 is 0 Å². The Morgan fingerprint density at radius 2 is 2.03 bits per heavy atom. The quantitative estimate of drug-likeness (QED) is 0.619. The molecule has 37 heavy (non-hydrogen) atoms. The second-order valence-electron chi connectivity index (χ2n) is 9.86. The van der Waals surface area contributed by atoms with E-state index in [9.17, 15) is 19.6 Å². The summed E-state index contributed by atoms with van der Waals surface area (Å²) in [7, 11) is 1.28. The fourth-order valence-corrected chi connectivity index (χ4v) is 6.24. The number of likely N-dealkylation sites (tertiary alicyclic amines) is 1. The molecule has 6 rings (SSSR count). The first-order valence-electron chi connectivity index (χ1n) is 12.1. The van der Waals surface area contributed by atoms with E-state index in [1.54, 1.807) is 16.0 Å². The predicted octanol–water partition coefficient (Wildman–Crippen LogP) is 1.20. The molecule has 11 heteroatoms. The summed E-state index contributed by atoms with van der Waals surface area (Å²) in [6.45, 7) is 0.571. The maximum Gasteiger partial charge on any atom is 0.415 e. The summed E-state index contributed by atoms with van der Waals surface area (Å²) in [6, 6.07) is 11.9. The van der Waals surface area contributed by atoms with E-state index < -0.39 is 30.3 Å². The van der Waals surface area contributed by atoms with Crippen molar-refractivity contribution in [2.24, 2.45) is 11.8 Å². The summed E-state index contributed by atoms with van der Waals surface area (Å²) in [6.07, 6.45) is 0.862. The number of alkyl carbamates (subject to hydrolysis) is 1. The number of hydrogen-bond acceptors (Lipinski definition) is 8. The third-order valence-electron chi connectivity index (χ3n) is 8.18. The molecule has 1 aliphatic carbocycles. The molecule has 3 amide bonds. The molecule has 0 spiro atoms. The average molecular weight is 504 g/mol. The van der Waals surface area contributed by atoms with E-state index in [1.807, 2.05) is 30.3 Å². The second kappa shape index (κ2) is 8.45. The number of nitrogens with one attached hydrogen (secondary N) is 1. The molecule has 2 N–H and O–H groups in total. The Labute approximate surface area is 212 Å². The van der Waals surface area contributed by atoms with Crippen molar-refractivity contribution < 1.29 is 29.0 Å². The molecular weight excluding hydrogens is 478 g/mol. The van der Waals surface area contributed by atoms with Crippen LogP contribution in [0.3, 0.4) is 0 Å². The number of hydrogen-bond donors (Lipinski definition) is 2. The molecule has 1 aromatic carbocycles. The highest BCUT2D eigenvalue weighted by Gasteiger charge is 2.71. The molecule has 4 heterocycles. The van der Waals surface area contributed by atoms with Crippen LogP contribution in [0, 0.1) is 23.2 Å². The van der Waals surface area contributed by atoms with Crippen molar-refractivity contribution in [1.82, 2.24) is 15.2 Å². The number of pyridine rings is 1. The third-order valence-corrected chi connectivity index (χ3v) is 8.18. The highest BCUT2D eigenvalue weighted by molar-refractivity contribution is 5.94. The Hall–Kier alpha value is -4.17. The lowest BCUT2D eigenvalue weighted by Gasteiger charge is -2.22. The van der Waals surface area contributed by atoms with Gasteiger partial charge >= 0.3 is 12.2 Å². The SMILES string of the molecule is COC(=O)NC[C@@H]1OC(=O)N2c3ccc(-c4ccc(C5(C#N)C6CN(C(=O)CO)CC65)nc4)cc3C[C@@H]12. The fraction of sp³-hybridized carbons (Fsp3) is 0.423. The van der Waals surface area contributed by atoms with Gasteiger partial charge in [0.25, 0.3) is 0 Å². The van der Waals surface area contributed by atoms with Gasteiger partial charge in [0, 0.05) is 36.7 Å². The number of aliphatic hydroxyl groups excluding tert-OH is 1. The summed E-state index contributed by atoms with van der Waals surface area (Å²) >= 11 is 0. The Kier molecular flexibility index (Phi) is 5.31. The Bertz CT molecular complexity index is 1330. The number of methoxy groups -OCH3 is 1. The van der Waals surface area contributed by atoms with Crippen LogP contribution in [0.4, 0.5) is 15.3 Å². The molecule has 4 aliphatic rings. The minimum atomic E-state index is -0.693. The first-order valence-corrected chi connectivity index (χ1v) is 12.1. The van der Waals surface area contributed by atoms with Gasteiger partial charge in [-0.25, -0.2) is 9.59 Å². The van der Waals surface area contributed by atoms with Gasteiger partial charge < -0.3 is 24.8 Å². The smallest absolute Gasteiger partial charge is 0.415 e. The number of piperidine rings is 1. The Balaban J connectivity index is 1.18. The molecule has 0 bridgehead atoms. The minimum absolute atomic E-state index is 0.0289. The maximum absolute atomic E-state index is 12.5. The van der Waals surface area contributed by atoms with Crippen LogP contribution in [0.2, 0.25) is 0 Å². The molecule has 11 nitrogen and oxygen atoms in total. The largest absolute Gasteiger partial charge is 0.453 e. The van der Waals surface area contributed by atoms with Crippen molar-refractivity contribution in [3.8, 4) is 17.2 Å². The van der Waals surface area contributed by atoms with E-state index >= 15 is 0 Å². The van der Waals surface area contributed by atoms with Crippen LogP contribution in [0.1, 0.15) is 11.3 Å². The van der Waals surface area contributed by atoms with E-state index in [1.165, 1.54) is 7.11 Å². The standard InChI is InChI=1S/C26H25N5O6/c1-36-24(34)29-9-21-20-7-16-6-14(2-4-19(16)31(20)25(35)37-21)15-3-5-22(28-8-15)26(13-27)17-10-30(11-18(17)26)23(33)12-32/h2-6,8,17-18,20-21,32H,7,9-12H2,1H3,(H,29,34)/t17?,18?,20-,21-,26?/m0/s1. The van der Waals surface area contributed by atoms with Gasteiger partial charge in [0.1, 0.15) is 18.1 Å². The number of carbonyl (C=O) groups is 3. The zero-order valence-corrected chi connectivity index (χ0v) is 20.1. The third kappa shape index (κ3) is 3.43. The molecule has 0 radical (unpaired) electrons. The number of amides is 3. The summed E-state index contributed by atoms with van der Waals surface area (Å²) in [5.41, 5.74) is 3.64. The summed E-state index contributed by atoms with van der Waals surface area (Å²) in [5.74, 6) is -0.249. The zero-order valence-electron chi connectivity index (χ0n) is 20.1. The van der Waals surface area contributed by atoms with E-state index in [4.69, 9.17) is 9.84 Å². The minimum Gasteiger partial charge on any atom is -0.453 e. The summed E-state index contributed by atoms with van der Waals surface area (Å²) < 4.78 is 10.1. The van der Waals surface area contributed by atoms with Crippen LogP contribution in [0.5, 0.6) is 0 Å². The van der Waals surface area contributed by atoms with Gasteiger partial charge in [-0.3, -0.25) is 14.7 Å². The van der Waals surface area contributed by atoms with Gasteiger partial charge in [-0.2, -0.15) is 5.26 Å². The van der Waals surface area contributed by atoms with Crippen molar-refractivity contribution in [2.45, 2.75) is 24.0 Å². The number of carbonyl (C=O) groups excluding carboxylic acids is 3. The number of nitrogens with zero attached hydrogens (tertiary/aromatic N) is 4. The van der Waals surface area contributed by atoms with E-state index in [0.717, 1.165) is 22.4 Å². The number of ether oxygens (including phenoxy) is 2. The van der Waals surface area contributed by atoms with Crippen molar-refractivity contribution in [3.63, 3.8) is 0 Å². The number of cyclic esters (lactones) is 1. The summed E-state index contributed by atoms with van der Waals surface area (Å²) in [4.78, 5) is 43.6. The first-order chi connectivity index (χ1) is 17.9. The summed E-state index contributed by atoms with van der Waals surface area (Å²) in [5, 5.41) is 21.7. The highest BCUT2D eigenvalue weighted by Crippen LogP contribution is 2.62. The molecule has 190 valence electrons. The topological polar surface area (TPSA) is 145 Å². The zero-order chi connectivity index (χ0) is 25.9.